The number of fused-ring (bicyclic) bond motifs is 3. The number of likely N-dealkylation sites (N-methyl/N-ethyl adjacent to an activating group) is 1. The van der Waals surface area contributed by atoms with Gasteiger partial charge in [0, 0.05) is 67.7 Å². The fourth-order valence-corrected chi connectivity index (χ4v) is 5.86. The van der Waals surface area contributed by atoms with E-state index < -0.39 is 0 Å². The second-order valence-electron chi connectivity index (χ2n) is 10.9. The maximum Gasteiger partial charge on any atom is 0.223 e. The number of halogens is 1. The van der Waals surface area contributed by atoms with E-state index in [1.165, 1.54) is 27.8 Å². The van der Waals surface area contributed by atoms with Crippen LogP contribution in [0.15, 0.2) is 79.0 Å². The van der Waals surface area contributed by atoms with Gasteiger partial charge in [-0.1, -0.05) is 60.1 Å². The van der Waals surface area contributed by atoms with Gasteiger partial charge in [0.25, 0.3) is 0 Å². The molecule has 0 saturated carbocycles. The highest BCUT2D eigenvalue weighted by atomic mass is 35.5. The lowest BCUT2D eigenvalue weighted by Crippen LogP contribution is -2.44. The first-order valence-corrected chi connectivity index (χ1v) is 14.7. The number of piperazine rings is 1. The van der Waals surface area contributed by atoms with E-state index in [2.05, 4.69) is 88.1 Å². The van der Waals surface area contributed by atoms with Crippen molar-refractivity contribution in [3.05, 3.63) is 106 Å². The zero-order valence-electron chi connectivity index (χ0n) is 23.1. The van der Waals surface area contributed by atoms with Crippen molar-refractivity contribution in [2.75, 3.05) is 56.9 Å². The van der Waals surface area contributed by atoms with Crippen molar-refractivity contribution in [3.8, 4) is 11.3 Å². The van der Waals surface area contributed by atoms with Gasteiger partial charge in [0.05, 0.1) is 5.69 Å². The first-order valence-electron chi connectivity index (χ1n) is 14.3. The van der Waals surface area contributed by atoms with Crippen LogP contribution in [-0.4, -0.2) is 66.1 Å². The van der Waals surface area contributed by atoms with E-state index in [0.717, 1.165) is 81.0 Å². The average molecular weight is 553 g/mol. The Bertz CT molecular complexity index is 1410. The molecule has 6 rings (SSSR count). The molecular formula is C33H37ClN6. The van der Waals surface area contributed by atoms with Gasteiger partial charge in [0.15, 0.2) is 0 Å². The van der Waals surface area contributed by atoms with E-state index in [1.54, 1.807) is 0 Å². The molecule has 1 aliphatic carbocycles. The van der Waals surface area contributed by atoms with Gasteiger partial charge in [-0.3, -0.25) is 0 Å². The zero-order chi connectivity index (χ0) is 27.3. The molecule has 0 bridgehead atoms. The smallest absolute Gasteiger partial charge is 0.223 e. The van der Waals surface area contributed by atoms with Crippen molar-refractivity contribution in [3.63, 3.8) is 0 Å². The molecule has 7 heteroatoms. The lowest BCUT2D eigenvalue weighted by molar-refractivity contribution is 0.154. The predicted molar refractivity (Wildman–Crippen MR) is 165 cm³/mol. The lowest BCUT2D eigenvalue weighted by Gasteiger charge is -2.32. The van der Waals surface area contributed by atoms with Gasteiger partial charge in [-0.05, 0) is 73.0 Å². The molecule has 1 aliphatic heterocycles. The van der Waals surface area contributed by atoms with E-state index >= 15 is 0 Å². The Labute approximate surface area is 242 Å². The third-order valence-electron chi connectivity index (χ3n) is 8.13. The summed E-state index contributed by atoms with van der Waals surface area (Å²) in [5.74, 6) is 1.00. The maximum atomic E-state index is 6.01. The monoisotopic (exact) mass is 552 g/mol. The molecule has 1 atom stereocenters. The van der Waals surface area contributed by atoms with Crippen LogP contribution in [0.2, 0.25) is 5.02 Å². The van der Waals surface area contributed by atoms with Gasteiger partial charge in [0.1, 0.15) is 0 Å². The number of nitrogens with zero attached hydrogens (tertiary/aromatic N) is 4. The summed E-state index contributed by atoms with van der Waals surface area (Å²) in [7, 11) is 2.20. The fourth-order valence-electron chi connectivity index (χ4n) is 5.73. The normalized spacial score (nSPS) is 17.2. The Morgan fingerprint density at radius 2 is 1.68 bits per heavy atom. The summed E-state index contributed by atoms with van der Waals surface area (Å²) in [6.45, 7) is 7.40. The van der Waals surface area contributed by atoms with Crippen molar-refractivity contribution in [2.45, 2.75) is 25.3 Å². The summed E-state index contributed by atoms with van der Waals surface area (Å²) < 4.78 is 0. The van der Waals surface area contributed by atoms with Crippen molar-refractivity contribution in [1.29, 1.82) is 0 Å². The lowest BCUT2D eigenvalue weighted by atomic mass is 9.78. The molecule has 1 saturated heterocycles. The molecule has 3 aromatic carbocycles. The van der Waals surface area contributed by atoms with Gasteiger partial charge in [-0.25, -0.2) is 9.97 Å². The standard InChI is InChI=1S/C33H37ClN6/c1-39-17-19-40(20-18-39)16-4-15-35-33-37-23-26-21-31(29-5-2-3-6-30(29)32(26)38-33)25-9-13-28(14-10-25)36-22-24-7-11-27(34)12-8-24/h2-3,5-14,23,31,36H,4,15-22H2,1H3,(H,35,37,38). The van der Waals surface area contributed by atoms with Crippen LogP contribution in [-0.2, 0) is 13.0 Å². The molecule has 1 unspecified atom stereocenters. The summed E-state index contributed by atoms with van der Waals surface area (Å²) in [4.78, 5) is 14.6. The molecule has 40 heavy (non-hydrogen) atoms. The van der Waals surface area contributed by atoms with Gasteiger partial charge in [-0.15, -0.1) is 0 Å². The molecule has 6 nitrogen and oxygen atoms in total. The summed E-state index contributed by atoms with van der Waals surface area (Å²) in [5, 5.41) is 7.76. The number of anilines is 2. The number of nitrogens with one attached hydrogen (secondary N) is 2. The minimum absolute atomic E-state index is 0.278. The quantitative estimate of drug-likeness (QED) is 0.243. The van der Waals surface area contributed by atoms with Crippen LogP contribution in [0.1, 0.15) is 34.6 Å². The van der Waals surface area contributed by atoms with E-state index in [9.17, 15) is 0 Å². The molecule has 0 spiro atoms. The van der Waals surface area contributed by atoms with E-state index in [0.29, 0.717) is 0 Å². The first kappa shape index (κ1) is 26.8. The minimum atomic E-state index is 0.278. The van der Waals surface area contributed by atoms with Gasteiger partial charge in [0.2, 0.25) is 5.95 Å². The zero-order valence-corrected chi connectivity index (χ0v) is 23.9. The number of rotatable bonds is 9. The van der Waals surface area contributed by atoms with Crippen molar-refractivity contribution >= 4 is 23.2 Å². The Hall–Kier alpha value is -3.45. The fraction of sp³-hybridized carbons (Fsp3) is 0.333. The van der Waals surface area contributed by atoms with Gasteiger partial charge < -0.3 is 20.4 Å². The topological polar surface area (TPSA) is 56.3 Å². The van der Waals surface area contributed by atoms with E-state index in [-0.39, 0.29) is 5.92 Å². The van der Waals surface area contributed by atoms with E-state index in [4.69, 9.17) is 21.6 Å². The van der Waals surface area contributed by atoms with Gasteiger partial charge >= 0.3 is 0 Å². The summed E-state index contributed by atoms with van der Waals surface area (Å²) in [5.41, 5.74) is 8.42. The largest absolute Gasteiger partial charge is 0.381 e. The number of hydrogen-bond donors (Lipinski definition) is 2. The van der Waals surface area contributed by atoms with Crippen LogP contribution >= 0.6 is 11.6 Å². The Morgan fingerprint density at radius 1 is 0.900 bits per heavy atom. The van der Waals surface area contributed by atoms with Crippen LogP contribution in [0.5, 0.6) is 0 Å². The molecule has 2 heterocycles. The third kappa shape index (κ3) is 6.30. The molecule has 1 aromatic heterocycles. The Morgan fingerprint density at radius 3 is 2.48 bits per heavy atom. The highest BCUT2D eigenvalue weighted by Crippen LogP contribution is 2.42. The van der Waals surface area contributed by atoms with Crippen LogP contribution < -0.4 is 10.6 Å². The molecule has 2 N–H and O–H groups in total. The number of aromatic nitrogens is 2. The van der Waals surface area contributed by atoms with Crippen molar-refractivity contribution < 1.29 is 0 Å². The number of hydrogen-bond acceptors (Lipinski definition) is 6. The highest BCUT2D eigenvalue weighted by Gasteiger charge is 2.27. The van der Waals surface area contributed by atoms with Crippen LogP contribution in [0, 0.1) is 0 Å². The predicted octanol–water partition coefficient (Wildman–Crippen LogP) is 6.15. The van der Waals surface area contributed by atoms with Gasteiger partial charge in [-0.2, -0.15) is 0 Å². The van der Waals surface area contributed by atoms with Crippen molar-refractivity contribution in [1.82, 2.24) is 19.8 Å². The molecule has 0 radical (unpaired) electrons. The van der Waals surface area contributed by atoms with E-state index in [1.807, 2.05) is 18.3 Å². The summed E-state index contributed by atoms with van der Waals surface area (Å²) >= 11 is 6.01. The van der Waals surface area contributed by atoms with Crippen molar-refractivity contribution in [2.24, 2.45) is 0 Å². The highest BCUT2D eigenvalue weighted by molar-refractivity contribution is 6.30. The maximum absolute atomic E-state index is 6.01. The summed E-state index contributed by atoms with van der Waals surface area (Å²) in [6.07, 6.45) is 4.01. The van der Waals surface area contributed by atoms with Crippen LogP contribution in [0.3, 0.4) is 0 Å². The van der Waals surface area contributed by atoms with Crippen LogP contribution in [0.4, 0.5) is 11.6 Å². The molecule has 0 amide bonds. The van der Waals surface area contributed by atoms with Crippen LogP contribution in [0.25, 0.3) is 11.3 Å². The molecule has 206 valence electrons. The third-order valence-corrected chi connectivity index (χ3v) is 8.38. The Balaban J connectivity index is 1.10. The Kier molecular flexibility index (Phi) is 8.28. The second kappa shape index (κ2) is 12.4. The SMILES string of the molecule is CN1CCN(CCCNc2ncc3c(n2)-c2ccccc2C(c2ccc(NCc4ccc(Cl)cc4)cc2)C3)CC1. The molecule has 2 aliphatic rings. The molecule has 4 aromatic rings. The molecule has 1 fully saturated rings. The summed E-state index contributed by atoms with van der Waals surface area (Å²) in [6, 6.07) is 25.5. The number of benzene rings is 3. The minimum Gasteiger partial charge on any atom is -0.381 e. The first-order chi connectivity index (χ1) is 19.6. The average Bonchev–Trinajstić information content (AvgIpc) is 3.00. The molecular weight excluding hydrogens is 516 g/mol. The second-order valence-corrected chi connectivity index (χ2v) is 11.4.